The number of thiophene rings is 1. The number of nitrogen functional groups attached to an aromatic ring is 1. The number of benzene rings is 1. The first kappa shape index (κ1) is 35.1. The average molecular weight is 721 g/mol. The van der Waals surface area contributed by atoms with Crippen LogP contribution in [0.2, 0.25) is 0 Å². The van der Waals surface area contributed by atoms with Crippen LogP contribution in [0.1, 0.15) is 35.9 Å². The topological polar surface area (TPSA) is 169 Å². The number of fused-ring (bicyclic) bond motifs is 2. The third kappa shape index (κ3) is 7.87. The molecule has 0 saturated carbocycles. The molecule has 0 spiro atoms. The molecule has 1 aromatic carbocycles. The first-order valence-corrected chi connectivity index (χ1v) is 18.3. The Kier molecular flexibility index (Phi) is 9.95. The van der Waals surface area contributed by atoms with Crippen molar-refractivity contribution in [1.29, 1.82) is 5.26 Å². The van der Waals surface area contributed by atoms with Gasteiger partial charge in [0.25, 0.3) is 10.2 Å². The van der Waals surface area contributed by atoms with E-state index in [1.165, 1.54) is 17.4 Å². The zero-order chi connectivity index (χ0) is 35.1. The predicted octanol–water partition coefficient (Wildman–Crippen LogP) is 3.46. The van der Waals surface area contributed by atoms with Gasteiger partial charge in [-0.05, 0) is 38.0 Å². The van der Waals surface area contributed by atoms with Gasteiger partial charge >= 0.3 is 6.18 Å². The fourth-order valence-corrected chi connectivity index (χ4v) is 8.68. The number of rotatable bonds is 10. The monoisotopic (exact) mass is 720 g/mol. The summed E-state index contributed by atoms with van der Waals surface area (Å²) in [5.41, 5.74) is 7.86. The second kappa shape index (κ2) is 13.9. The molecule has 1 atom stereocenters. The molecule has 0 amide bonds. The molecule has 0 unspecified atom stereocenters. The van der Waals surface area contributed by atoms with E-state index in [1.54, 1.807) is 6.07 Å². The standard InChI is InChI=1S/C31H39F3N10O3S2/c1-19(42-7-9-43(10-8-42)49(46,47)37-2)17-44-23(16-35)12-20-11-21(27(45)14-26(20)44)18-41-5-3-22(4-6-41)38-28-25-13-24(15-31(32,33)34)48-29(25)40-30(36)39-28/h11-14,19,22,37,45H,3-10,15,17-18H2,1-2H3,(H3,36,38,39,40)/t19-/m0/s1. The van der Waals surface area contributed by atoms with Crippen LogP contribution in [0.5, 0.6) is 5.75 Å². The van der Waals surface area contributed by atoms with Gasteiger partial charge in [0.1, 0.15) is 28.2 Å². The molecule has 13 nitrogen and oxygen atoms in total. The molecule has 49 heavy (non-hydrogen) atoms. The minimum atomic E-state index is -4.32. The zero-order valence-electron chi connectivity index (χ0n) is 27.2. The summed E-state index contributed by atoms with van der Waals surface area (Å²) >= 11 is 0.966. The van der Waals surface area contributed by atoms with Crippen LogP contribution in [0.25, 0.3) is 21.1 Å². The van der Waals surface area contributed by atoms with Gasteiger partial charge in [-0.2, -0.15) is 36.1 Å². The number of aromatic hydroxyl groups is 1. The number of aromatic nitrogens is 3. The van der Waals surface area contributed by atoms with E-state index < -0.39 is 22.8 Å². The number of nitriles is 1. The summed E-state index contributed by atoms with van der Waals surface area (Å²) in [6.45, 7) is 6.38. The van der Waals surface area contributed by atoms with Crippen LogP contribution in [-0.4, -0.2) is 107 Å². The van der Waals surface area contributed by atoms with E-state index in [0.29, 0.717) is 74.1 Å². The van der Waals surface area contributed by atoms with Crippen molar-refractivity contribution >= 4 is 54.4 Å². The van der Waals surface area contributed by atoms with Crippen LogP contribution < -0.4 is 15.8 Å². The maximum atomic E-state index is 13.0. The summed E-state index contributed by atoms with van der Waals surface area (Å²) in [5.74, 6) is 0.577. The Morgan fingerprint density at radius 2 is 1.84 bits per heavy atom. The number of halogens is 3. The smallest absolute Gasteiger partial charge is 0.393 e. The summed E-state index contributed by atoms with van der Waals surface area (Å²) in [6.07, 6.45) is -3.86. The van der Waals surface area contributed by atoms with Crippen LogP contribution in [-0.2, 0) is 29.7 Å². The van der Waals surface area contributed by atoms with E-state index in [0.717, 1.165) is 40.6 Å². The molecule has 6 rings (SSSR count). The molecule has 0 radical (unpaired) electrons. The maximum absolute atomic E-state index is 13.0. The molecular formula is C31H39F3N10O3S2. The molecule has 2 fully saturated rings. The molecule has 18 heteroatoms. The van der Waals surface area contributed by atoms with Gasteiger partial charge in [-0.15, -0.1) is 11.3 Å². The molecule has 0 aliphatic carbocycles. The van der Waals surface area contributed by atoms with Gasteiger partial charge in [0.05, 0.1) is 17.3 Å². The highest BCUT2D eigenvalue weighted by Crippen LogP contribution is 2.35. The highest BCUT2D eigenvalue weighted by Gasteiger charge is 2.30. The molecule has 264 valence electrons. The third-order valence-electron chi connectivity index (χ3n) is 9.32. The molecule has 2 aliphatic heterocycles. The van der Waals surface area contributed by atoms with E-state index in [1.807, 2.05) is 16.7 Å². The fraction of sp³-hybridized carbons (Fsp3) is 0.516. The lowest BCUT2D eigenvalue weighted by Crippen LogP contribution is -2.54. The summed E-state index contributed by atoms with van der Waals surface area (Å²) in [7, 11) is -2.07. The molecule has 5 heterocycles. The van der Waals surface area contributed by atoms with Crippen molar-refractivity contribution < 1.29 is 26.7 Å². The second-order valence-corrected chi connectivity index (χ2v) is 15.6. The lowest BCUT2D eigenvalue weighted by molar-refractivity contribution is -0.126. The van der Waals surface area contributed by atoms with Crippen LogP contribution in [0.4, 0.5) is 24.9 Å². The molecule has 5 N–H and O–H groups in total. The number of hydrogen-bond acceptors (Lipinski definition) is 11. The lowest BCUT2D eigenvalue weighted by Gasteiger charge is -2.37. The Morgan fingerprint density at radius 1 is 1.12 bits per heavy atom. The predicted molar refractivity (Wildman–Crippen MR) is 182 cm³/mol. The van der Waals surface area contributed by atoms with Gasteiger partial charge in [-0.3, -0.25) is 9.80 Å². The number of nitrogens with one attached hydrogen (secondary N) is 2. The normalized spacial score (nSPS) is 18.3. The number of hydrogen-bond donors (Lipinski definition) is 4. The van der Waals surface area contributed by atoms with Gasteiger partial charge in [0, 0.05) is 93.4 Å². The zero-order valence-corrected chi connectivity index (χ0v) is 28.8. The van der Waals surface area contributed by atoms with Crippen molar-refractivity contribution in [3.8, 4) is 11.8 Å². The lowest BCUT2D eigenvalue weighted by atomic mass is 10.0. The Balaban J connectivity index is 1.09. The summed E-state index contributed by atoms with van der Waals surface area (Å²) in [4.78, 5) is 13.4. The summed E-state index contributed by atoms with van der Waals surface area (Å²) in [6, 6.07) is 9.28. The number of phenolic OH excluding ortho intramolecular Hbond substituents is 1. The molecule has 3 aromatic heterocycles. The quantitative estimate of drug-likeness (QED) is 0.191. The number of likely N-dealkylation sites (tertiary alicyclic amines) is 1. The van der Waals surface area contributed by atoms with Crippen LogP contribution in [0.15, 0.2) is 24.3 Å². The third-order valence-corrected chi connectivity index (χ3v) is 11.9. The first-order chi connectivity index (χ1) is 23.2. The molecular weight excluding hydrogens is 682 g/mol. The Morgan fingerprint density at radius 3 is 2.49 bits per heavy atom. The van der Waals surface area contributed by atoms with Crippen molar-refractivity contribution in [2.75, 3.05) is 57.4 Å². The SMILES string of the molecule is CNS(=O)(=O)N1CCN([C@@H](C)Cn2c(C#N)cc3cc(CN4CCC(Nc5nc(N)nc6sc(CC(F)(F)F)cc56)CC4)c(O)cc32)CC1. The second-order valence-electron chi connectivity index (χ2n) is 12.6. The Labute approximate surface area is 286 Å². The minimum Gasteiger partial charge on any atom is -0.508 e. The number of phenols is 1. The summed E-state index contributed by atoms with van der Waals surface area (Å²) in [5, 5.41) is 25.8. The van der Waals surface area contributed by atoms with E-state index in [2.05, 4.69) is 42.8 Å². The van der Waals surface area contributed by atoms with Crippen LogP contribution in [0, 0.1) is 11.3 Å². The Bertz CT molecular complexity index is 1980. The molecule has 2 saturated heterocycles. The van der Waals surface area contributed by atoms with Gasteiger partial charge < -0.3 is 20.7 Å². The molecule has 4 aromatic rings. The number of alkyl halides is 3. The summed E-state index contributed by atoms with van der Waals surface area (Å²) < 4.78 is 69.0. The van der Waals surface area contributed by atoms with E-state index in [4.69, 9.17) is 5.73 Å². The molecule has 0 bridgehead atoms. The average Bonchev–Trinajstić information content (AvgIpc) is 3.60. The Hall–Kier alpha value is -3.73. The minimum absolute atomic E-state index is 0.00203. The maximum Gasteiger partial charge on any atom is 0.393 e. The van der Waals surface area contributed by atoms with Crippen LogP contribution >= 0.6 is 11.3 Å². The first-order valence-electron chi connectivity index (χ1n) is 16.0. The van der Waals surface area contributed by atoms with Gasteiger partial charge in [0.2, 0.25) is 5.95 Å². The number of nitrogens with two attached hydrogens (primary N) is 1. The highest BCUT2D eigenvalue weighted by atomic mass is 32.2. The number of anilines is 2. The largest absolute Gasteiger partial charge is 0.508 e. The van der Waals surface area contributed by atoms with Crippen molar-refractivity contribution in [2.24, 2.45) is 0 Å². The van der Waals surface area contributed by atoms with Crippen molar-refractivity contribution in [2.45, 2.75) is 57.5 Å². The molecule has 2 aliphatic rings. The van der Waals surface area contributed by atoms with Crippen molar-refractivity contribution in [3.63, 3.8) is 0 Å². The van der Waals surface area contributed by atoms with Gasteiger partial charge in [-0.25, -0.2) is 9.71 Å². The van der Waals surface area contributed by atoms with Gasteiger partial charge in [0.15, 0.2) is 0 Å². The fourth-order valence-electron chi connectivity index (χ4n) is 6.71. The highest BCUT2D eigenvalue weighted by molar-refractivity contribution is 7.87. The number of piperazine rings is 1. The number of nitrogens with zero attached hydrogens (tertiary/aromatic N) is 7. The van der Waals surface area contributed by atoms with Crippen LogP contribution in [0.3, 0.4) is 0 Å². The van der Waals surface area contributed by atoms with E-state index in [9.17, 15) is 32.0 Å². The van der Waals surface area contributed by atoms with Crippen molar-refractivity contribution in [1.82, 2.24) is 33.4 Å². The van der Waals surface area contributed by atoms with Crippen molar-refractivity contribution in [3.05, 3.63) is 40.4 Å². The number of piperidine rings is 1. The van der Waals surface area contributed by atoms with E-state index >= 15 is 0 Å². The van der Waals surface area contributed by atoms with E-state index in [-0.39, 0.29) is 28.7 Å². The van der Waals surface area contributed by atoms with Gasteiger partial charge in [-0.1, -0.05) is 0 Å².